The molecule has 1 aromatic heterocycles. The molecule has 0 spiro atoms. The van der Waals surface area contributed by atoms with Crippen LogP contribution in [-0.2, 0) is 4.74 Å². The van der Waals surface area contributed by atoms with Crippen molar-refractivity contribution in [1.29, 1.82) is 0 Å². The Labute approximate surface area is 82.0 Å². The van der Waals surface area contributed by atoms with Crippen LogP contribution in [0.2, 0.25) is 0 Å². The summed E-state index contributed by atoms with van der Waals surface area (Å²) >= 11 is 0. The van der Waals surface area contributed by atoms with Gasteiger partial charge in [0, 0.05) is 18.4 Å². The Balaban J connectivity index is 2.07. The van der Waals surface area contributed by atoms with Gasteiger partial charge in [-0.3, -0.25) is 0 Å². The molecule has 0 saturated carbocycles. The summed E-state index contributed by atoms with van der Waals surface area (Å²) in [5.41, 5.74) is 0.779. The van der Waals surface area contributed by atoms with Crippen molar-refractivity contribution >= 4 is 6.21 Å². The van der Waals surface area contributed by atoms with Crippen molar-refractivity contribution in [2.75, 3.05) is 6.61 Å². The molecule has 0 aliphatic carbocycles. The lowest BCUT2D eigenvalue weighted by Gasteiger charge is -2.22. The highest BCUT2D eigenvalue weighted by Gasteiger charge is 2.15. The normalized spacial score (nSPS) is 23.0. The molecule has 0 radical (unpaired) electrons. The zero-order valence-corrected chi connectivity index (χ0v) is 7.83. The molecule has 1 saturated heterocycles. The number of aromatic nitrogens is 2. The van der Waals surface area contributed by atoms with Crippen LogP contribution in [0.1, 0.15) is 31.1 Å². The van der Waals surface area contributed by atoms with E-state index in [0.29, 0.717) is 0 Å². The van der Waals surface area contributed by atoms with E-state index in [9.17, 15) is 0 Å². The molecule has 2 heterocycles. The molecule has 0 aromatic carbocycles. The lowest BCUT2D eigenvalue weighted by atomic mass is 10.2. The van der Waals surface area contributed by atoms with E-state index < -0.39 is 0 Å². The monoisotopic (exact) mass is 195 g/mol. The van der Waals surface area contributed by atoms with Crippen LogP contribution in [0.5, 0.6) is 0 Å². The van der Waals surface area contributed by atoms with Crippen molar-refractivity contribution < 1.29 is 9.94 Å². The third-order valence-electron chi connectivity index (χ3n) is 2.28. The van der Waals surface area contributed by atoms with E-state index in [1.165, 1.54) is 12.6 Å². The highest BCUT2D eigenvalue weighted by molar-refractivity contribution is 5.77. The SMILES string of the molecule is O/N=C\c1cnn([C@@H]2CCCCO2)c1. The first-order valence-corrected chi connectivity index (χ1v) is 4.73. The van der Waals surface area contributed by atoms with E-state index in [1.807, 2.05) is 6.20 Å². The Morgan fingerprint density at radius 2 is 2.57 bits per heavy atom. The number of rotatable bonds is 2. The number of oxime groups is 1. The Bertz CT molecular complexity index is 316. The van der Waals surface area contributed by atoms with E-state index in [2.05, 4.69) is 10.3 Å². The lowest BCUT2D eigenvalue weighted by molar-refractivity contribution is -0.0394. The second-order valence-corrected chi connectivity index (χ2v) is 3.32. The topological polar surface area (TPSA) is 59.6 Å². The van der Waals surface area contributed by atoms with Crippen LogP contribution in [0.3, 0.4) is 0 Å². The molecule has 76 valence electrons. The average Bonchev–Trinajstić information content (AvgIpc) is 2.68. The molecule has 5 heteroatoms. The Morgan fingerprint density at radius 3 is 3.29 bits per heavy atom. The van der Waals surface area contributed by atoms with Crippen LogP contribution < -0.4 is 0 Å². The molecule has 5 nitrogen and oxygen atoms in total. The number of hydrogen-bond donors (Lipinski definition) is 1. The Morgan fingerprint density at radius 1 is 1.64 bits per heavy atom. The highest BCUT2D eigenvalue weighted by Crippen LogP contribution is 2.21. The van der Waals surface area contributed by atoms with Crippen molar-refractivity contribution in [2.45, 2.75) is 25.5 Å². The van der Waals surface area contributed by atoms with Crippen LogP contribution in [0.4, 0.5) is 0 Å². The van der Waals surface area contributed by atoms with Crippen molar-refractivity contribution in [3.05, 3.63) is 18.0 Å². The maximum Gasteiger partial charge on any atom is 0.150 e. The molecule has 0 bridgehead atoms. The smallest absolute Gasteiger partial charge is 0.150 e. The zero-order valence-electron chi connectivity index (χ0n) is 7.83. The fourth-order valence-corrected chi connectivity index (χ4v) is 1.58. The first kappa shape index (κ1) is 9.21. The summed E-state index contributed by atoms with van der Waals surface area (Å²) in [7, 11) is 0. The van der Waals surface area contributed by atoms with Crippen molar-refractivity contribution in [3.8, 4) is 0 Å². The minimum atomic E-state index is 0.0459. The molecular weight excluding hydrogens is 182 g/mol. The molecule has 1 fully saturated rings. The van der Waals surface area contributed by atoms with Gasteiger partial charge < -0.3 is 9.94 Å². The minimum absolute atomic E-state index is 0.0459. The standard InChI is InChI=1S/C9H13N3O2/c13-11-6-8-5-10-12(7-8)9-3-1-2-4-14-9/h5-7,9,13H,1-4H2/b11-6-/t9-/m0/s1. The van der Waals surface area contributed by atoms with Crippen LogP contribution in [-0.4, -0.2) is 27.8 Å². The summed E-state index contributed by atoms with van der Waals surface area (Å²) in [6.45, 7) is 0.800. The van der Waals surface area contributed by atoms with E-state index in [1.54, 1.807) is 10.9 Å². The summed E-state index contributed by atoms with van der Waals surface area (Å²) < 4.78 is 7.32. The quantitative estimate of drug-likeness (QED) is 0.440. The van der Waals surface area contributed by atoms with Gasteiger partial charge in [-0.15, -0.1) is 0 Å². The second kappa shape index (κ2) is 4.23. The van der Waals surface area contributed by atoms with Gasteiger partial charge in [-0.1, -0.05) is 5.16 Å². The predicted molar refractivity (Wildman–Crippen MR) is 50.4 cm³/mol. The third kappa shape index (κ3) is 1.93. The van der Waals surface area contributed by atoms with Gasteiger partial charge in [0.25, 0.3) is 0 Å². The molecule has 0 unspecified atom stereocenters. The summed E-state index contributed by atoms with van der Waals surface area (Å²) in [4.78, 5) is 0. The van der Waals surface area contributed by atoms with Crippen molar-refractivity contribution in [1.82, 2.24) is 9.78 Å². The maximum absolute atomic E-state index is 8.34. The molecule has 1 N–H and O–H groups in total. The van der Waals surface area contributed by atoms with Gasteiger partial charge in [-0.05, 0) is 19.3 Å². The van der Waals surface area contributed by atoms with Gasteiger partial charge in [-0.2, -0.15) is 5.10 Å². The van der Waals surface area contributed by atoms with Gasteiger partial charge in [0.05, 0.1) is 12.4 Å². The van der Waals surface area contributed by atoms with Crippen molar-refractivity contribution in [3.63, 3.8) is 0 Å². The van der Waals surface area contributed by atoms with Gasteiger partial charge in [0.2, 0.25) is 0 Å². The van der Waals surface area contributed by atoms with E-state index in [-0.39, 0.29) is 6.23 Å². The van der Waals surface area contributed by atoms with Crippen LogP contribution in [0, 0.1) is 0 Å². The fourth-order valence-electron chi connectivity index (χ4n) is 1.58. The van der Waals surface area contributed by atoms with E-state index in [4.69, 9.17) is 9.94 Å². The van der Waals surface area contributed by atoms with Crippen LogP contribution in [0.15, 0.2) is 17.5 Å². The van der Waals surface area contributed by atoms with Gasteiger partial charge in [0.15, 0.2) is 0 Å². The summed E-state index contributed by atoms with van der Waals surface area (Å²) in [6, 6.07) is 0. The molecule has 1 atom stereocenters. The van der Waals surface area contributed by atoms with Crippen LogP contribution in [0.25, 0.3) is 0 Å². The summed E-state index contributed by atoms with van der Waals surface area (Å²) in [5.74, 6) is 0. The largest absolute Gasteiger partial charge is 0.411 e. The lowest BCUT2D eigenvalue weighted by Crippen LogP contribution is -2.18. The number of nitrogens with zero attached hydrogens (tertiary/aromatic N) is 3. The van der Waals surface area contributed by atoms with E-state index in [0.717, 1.165) is 25.0 Å². The second-order valence-electron chi connectivity index (χ2n) is 3.32. The zero-order chi connectivity index (χ0) is 9.80. The fraction of sp³-hybridized carbons (Fsp3) is 0.556. The van der Waals surface area contributed by atoms with Gasteiger partial charge in [0.1, 0.15) is 6.23 Å². The molecule has 0 amide bonds. The first-order valence-electron chi connectivity index (χ1n) is 4.73. The Kier molecular flexibility index (Phi) is 2.78. The molecule has 1 aliphatic heterocycles. The van der Waals surface area contributed by atoms with Gasteiger partial charge in [-0.25, -0.2) is 4.68 Å². The molecular formula is C9H13N3O2. The molecule has 1 aliphatic rings. The highest BCUT2D eigenvalue weighted by atomic mass is 16.5. The third-order valence-corrected chi connectivity index (χ3v) is 2.28. The minimum Gasteiger partial charge on any atom is -0.411 e. The Hall–Kier alpha value is -1.36. The van der Waals surface area contributed by atoms with E-state index >= 15 is 0 Å². The van der Waals surface area contributed by atoms with Crippen molar-refractivity contribution in [2.24, 2.45) is 5.16 Å². The molecule has 14 heavy (non-hydrogen) atoms. The number of ether oxygens (including phenoxy) is 1. The molecule has 1 aromatic rings. The molecule has 2 rings (SSSR count). The number of hydrogen-bond acceptors (Lipinski definition) is 4. The van der Waals surface area contributed by atoms with Crippen LogP contribution >= 0.6 is 0 Å². The maximum atomic E-state index is 8.34. The first-order chi connectivity index (χ1) is 6.90. The summed E-state index contributed by atoms with van der Waals surface area (Å²) in [6.07, 6.45) is 8.16. The average molecular weight is 195 g/mol. The summed E-state index contributed by atoms with van der Waals surface area (Å²) in [5, 5.41) is 15.4. The van der Waals surface area contributed by atoms with Gasteiger partial charge >= 0.3 is 0 Å². The predicted octanol–water partition coefficient (Wildman–Crippen LogP) is 1.39.